The fraction of sp³-hybridized carbons (Fsp3) is 1.00. The molecular weight excluding hydrogens is 150 g/mol. The first kappa shape index (κ1) is 10.0. The predicted molar refractivity (Wildman–Crippen MR) is 51.4 cm³/mol. The first-order valence-electron chi connectivity index (χ1n) is 5.08. The summed E-state index contributed by atoms with van der Waals surface area (Å²) in [6.45, 7) is 6.06. The summed E-state index contributed by atoms with van der Waals surface area (Å²) in [7, 11) is 1.79. The van der Waals surface area contributed by atoms with E-state index in [0.29, 0.717) is 6.10 Å². The Balaban J connectivity index is 1.94. The minimum atomic E-state index is 0.438. The Labute approximate surface area is 75.9 Å². The predicted octanol–water partition coefficient (Wildman–Crippen LogP) is 1.90. The van der Waals surface area contributed by atoms with E-state index in [4.69, 9.17) is 4.74 Å². The number of likely N-dealkylation sites (tertiary alicyclic amines) is 1. The highest BCUT2D eigenvalue weighted by Crippen LogP contribution is 2.09. The number of ether oxygens (including phenoxy) is 1. The second-order valence-corrected chi connectivity index (χ2v) is 3.74. The number of hydrogen-bond donors (Lipinski definition) is 0. The van der Waals surface area contributed by atoms with Crippen LogP contribution >= 0.6 is 0 Å². The smallest absolute Gasteiger partial charge is 0.0543 e. The van der Waals surface area contributed by atoms with Crippen molar-refractivity contribution in [1.29, 1.82) is 0 Å². The first-order chi connectivity index (χ1) is 5.83. The lowest BCUT2D eigenvalue weighted by atomic mass is 10.2. The van der Waals surface area contributed by atoms with Crippen LogP contribution in [0.25, 0.3) is 0 Å². The topological polar surface area (TPSA) is 12.5 Å². The van der Waals surface area contributed by atoms with Gasteiger partial charge in [0.2, 0.25) is 0 Å². The summed E-state index contributed by atoms with van der Waals surface area (Å²) in [6.07, 6.45) is 5.73. The fourth-order valence-corrected chi connectivity index (χ4v) is 1.73. The van der Waals surface area contributed by atoms with Crippen molar-refractivity contribution in [2.24, 2.45) is 0 Å². The van der Waals surface area contributed by atoms with Crippen molar-refractivity contribution in [3.05, 3.63) is 0 Å². The molecule has 1 saturated heterocycles. The zero-order valence-corrected chi connectivity index (χ0v) is 8.38. The Bertz CT molecular complexity index is 110. The van der Waals surface area contributed by atoms with Crippen molar-refractivity contribution < 1.29 is 4.74 Å². The number of hydrogen-bond acceptors (Lipinski definition) is 2. The lowest BCUT2D eigenvalue weighted by Gasteiger charge is -2.15. The third-order valence-electron chi connectivity index (χ3n) is 2.69. The largest absolute Gasteiger partial charge is 0.382 e. The molecule has 1 fully saturated rings. The third-order valence-corrected chi connectivity index (χ3v) is 2.69. The van der Waals surface area contributed by atoms with Gasteiger partial charge in [-0.15, -0.1) is 0 Å². The second kappa shape index (κ2) is 5.55. The molecule has 0 aromatic carbocycles. The van der Waals surface area contributed by atoms with E-state index in [1.165, 1.54) is 45.3 Å². The van der Waals surface area contributed by atoms with Crippen LogP contribution in [0.1, 0.15) is 32.6 Å². The number of methoxy groups -OCH3 is 1. The van der Waals surface area contributed by atoms with E-state index < -0.39 is 0 Å². The highest BCUT2D eigenvalue weighted by atomic mass is 16.5. The summed E-state index contributed by atoms with van der Waals surface area (Å²) in [4.78, 5) is 2.56. The van der Waals surface area contributed by atoms with E-state index in [0.717, 1.165) is 0 Å². The molecule has 0 spiro atoms. The van der Waals surface area contributed by atoms with E-state index in [1.807, 2.05) is 0 Å². The molecule has 72 valence electrons. The van der Waals surface area contributed by atoms with Crippen molar-refractivity contribution in [1.82, 2.24) is 4.90 Å². The maximum Gasteiger partial charge on any atom is 0.0543 e. The van der Waals surface area contributed by atoms with Crippen LogP contribution < -0.4 is 0 Å². The van der Waals surface area contributed by atoms with E-state index in [9.17, 15) is 0 Å². The molecule has 2 nitrogen and oxygen atoms in total. The van der Waals surface area contributed by atoms with Crippen molar-refractivity contribution in [3.8, 4) is 0 Å². The third kappa shape index (κ3) is 3.55. The van der Waals surface area contributed by atoms with Gasteiger partial charge in [0, 0.05) is 7.11 Å². The molecule has 0 aromatic heterocycles. The van der Waals surface area contributed by atoms with Crippen LogP contribution in [0, 0.1) is 0 Å². The molecule has 1 aliphatic rings. The monoisotopic (exact) mass is 171 g/mol. The molecular formula is C10H21NO. The second-order valence-electron chi connectivity index (χ2n) is 3.74. The van der Waals surface area contributed by atoms with Crippen LogP contribution in [0.3, 0.4) is 0 Å². The Morgan fingerprint density at radius 2 is 2.00 bits per heavy atom. The molecule has 0 bridgehead atoms. The number of rotatable bonds is 5. The molecule has 0 aromatic rings. The van der Waals surface area contributed by atoms with Crippen LogP contribution in [0.5, 0.6) is 0 Å². The fourth-order valence-electron chi connectivity index (χ4n) is 1.73. The molecule has 1 unspecified atom stereocenters. The highest BCUT2D eigenvalue weighted by Gasteiger charge is 2.10. The maximum atomic E-state index is 5.20. The van der Waals surface area contributed by atoms with Gasteiger partial charge in [-0.1, -0.05) is 0 Å². The van der Waals surface area contributed by atoms with Crippen LogP contribution in [-0.4, -0.2) is 37.7 Å². The van der Waals surface area contributed by atoms with Crippen LogP contribution in [0.2, 0.25) is 0 Å². The average Bonchev–Trinajstić information content (AvgIpc) is 2.57. The maximum absolute atomic E-state index is 5.20. The molecule has 0 N–H and O–H groups in total. The van der Waals surface area contributed by atoms with Crippen LogP contribution in [0.4, 0.5) is 0 Å². The first-order valence-corrected chi connectivity index (χ1v) is 5.08. The molecule has 1 aliphatic heterocycles. The van der Waals surface area contributed by atoms with Gasteiger partial charge in [0.25, 0.3) is 0 Å². The van der Waals surface area contributed by atoms with Gasteiger partial charge < -0.3 is 9.64 Å². The van der Waals surface area contributed by atoms with Crippen molar-refractivity contribution in [2.75, 3.05) is 26.7 Å². The number of nitrogens with zero attached hydrogens (tertiary/aromatic N) is 1. The summed E-state index contributed by atoms with van der Waals surface area (Å²) >= 11 is 0. The molecule has 0 amide bonds. The lowest BCUT2D eigenvalue weighted by molar-refractivity contribution is 0.106. The molecule has 0 radical (unpaired) electrons. The highest BCUT2D eigenvalue weighted by molar-refractivity contribution is 4.66. The Hall–Kier alpha value is -0.0800. The van der Waals surface area contributed by atoms with Gasteiger partial charge in [-0.05, 0) is 52.2 Å². The summed E-state index contributed by atoms with van der Waals surface area (Å²) in [6, 6.07) is 0. The zero-order valence-electron chi connectivity index (χ0n) is 8.38. The lowest BCUT2D eigenvalue weighted by Crippen LogP contribution is -2.21. The van der Waals surface area contributed by atoms with Crippen molar-refractivity contribution in [2.45, 2.75) is 38.7 Å². The van der Waals surface area contributed by atoms with Crippen molar-refractivity contribution >= 4 is 0 Å². The molecule has 0 aliphatic carbocycles. The van der Waals surface area contributed by atoms with Gasteiger partial charge in [0.1, 0.15) is 0 Å². The average molecular weight is 171 g/mol. The van der Waals surface area contributed by atoms with Gasteiger partial charge in [0.05, 0.1) is 6.10 Å². The molecule has 0 saturated carbocycles. The van der Waals surface area contributed by atoms with E-state index in [1.54, 1.807) is 7.11 Å². The summed E-state index contributed by atoms with van der Waals surface area (Å²) in [5, 5.41) is 0. The Morgan fingerprint density at radius 3 is 2.58 bits per heavy atom. The minimum absolute atomic E-state index is 0.438. The van der Waals surface area contributed by atoms with E-state index in [2.05, 4.69) is 11.8 Å². The molecule has 2 heteroatoms. The van der Waals surface area contributed by atoms with E-state index >= 15 is 0 Å². The van der Waals surface area contributed by atoms with Gasteiger partial charge in [-0.25, -0.2) is 0 Å². The minimum Gasteiger partial charge on any atom is -0.382 e. The normalized spacial score (nSPS) is 21.5. The zero-order chi connectivity index (χ0) is 8.81. The Morgan fingerprint density at radius 1 is 1.33 bits per heavy atom. The summed E-state index contributed by atoms with van der Waals surface area (Å²) in [5.41, 5.74) is 0. The summed E-state index contributed by atoms with van der Waals surface area (Å²) in [5.74, 6) is 0. The molecule has 12 heavy (non-hydrogen) atoms. The molecule has 1 atom stereocenters. The standard InChI is InChI=1S/C10H21NO/c1-10(12-2)6-5-9-11-7-3-4-8-11/h10H,3-9H2,1-2H3. The van der Waals surface area contributed by atoms with Crippen LogP contribution in [0.15, 0.2) is 0 Å². The van der Waals surface area contributed by atoms with Gasteiger partial charge in [-0.2, -0.15) is 0 Å². The van der Waals surface area contributed by atoms with E-state index in [-0.39, 0.29) is 0 Å². The Kier molecular flexibility index (Phi) is 4.62. The molecule has 1 heterocycles. The SMILES string of the molecule is COC(C)CCCN1CCCC1. The molecule has 1 rings (SSSR count). The summed E-state index contributed by atoms with van der Waals surface area (Å²) < 4.78 is 5.20. The quantitative estimate of drug-likeness (QED) is 0.626. The van der Waals surface area contributed by atoms with Crippen molar-refractivity contribution in [3.63, 3.8) is 0 Å². The van der Waals surface area contributed by atoms with Gasteiger partial charge in [0.15, 0.2) is 0 Å². The van der Waals surface area contributed by atoms with Gasteiger partial charge >= 0.3 is 0 Å². The van der Waals surface area contributed by atoms with Gasteiger partial charge in [-0.3, -0.25) is 0 Å². The van der Waals surface area contributed by atoms with Crippen LogP contribution in [-0.2, 0) is 4.74 Å².